The van der Waals surface area contributed by atoms with E-state index < -0.39 is 5.97 Å². The van der Waals surface area contributed by atoms with Crippen molar-refractivity contribution < 1.29 is 14.7 Å². The molecule has 1 aromatic heterocycles. The van der Waals surface area contributed by atoms with E-state index in [-0.39, 0.29) is 17.5 Å². The van der Waals surface area contributed by atoms with Gasteiger partial charge in [0, 0.05) is 13.0 Å². The van der Waals surface area contributed by atoms with Crippen LogP contribution in [0.4, 0.5) is 0 Å². The molecule has 1 atom stereocenters. The molecule has 1 amide bonds. The molecular weight excluding hydrogens is 234 g/mol. The van der Waals surface area contributed by atoms with Gasteiger partial charge in [0.2, 0.25) is 5.91 Å². The predicted molar refractivity (Wildman–Crippen MR) is 63.4 cm³/mol. The monoisotopic (exact) mass is 245 g/mol. The highest BCUT2D eigenvalue weighted by atomic mass is 16.4. The smallest absolute Gasteiger partial charge is 0.335 e. The number of aromatic carboxylic acids is 1. The van der Waals surface area contributed by atoms with Gasteiger partial charge in [-0.25, -0.2) is 9.78 Å². The van der Waals surface area contributed by atoms with E-state index in [2.05, 4.69) is 10.3 Å². The van der Waals surface area contributed by atoms with Crippen LogP contribution < -0.4 is 5.32 Å². The van der Waals surface area contributed by atoms with E-state index in [1.807, 2.05) is 4.57 Å². The van der Waals surface area contributed by atoms with Crippen molar-refractivity contribution >= 4 is 22.9 Å². The zero-order valence-electron chi connectivity index (χ0n) is 9.46. The molecule has 2 N–H and O–H groups in total. The molecule has 1 aliphatic heterocycles. The van der Waals surface area contributed by atoms with Gasteiger partial charge < -0.3 is 15.0 Å². The number of carboxylic acid groups (broad SMARTS) is 1. The predicted octanol–water partition coefficient (Wildman–Crippen LogP) is 0.795. The maximum atomic E-state index is 11.2. The number of carboxylic acids is 1. The van der Waals surface area contributed by atoms with Crippen LogP contribution in [0.2, 0.25) is 0 Å². The first kappa shape index (κ1) is 10.8. The molecule has 2 aromatic rings. The second-order valence-electron chi connectivity index (χ2n) is 4.32. The average molecular weight is 245 g/mol. The first-order chi connectivity index (χ1) is 8.65. The lowest BCUT2D eigenvalue weighted by Crippen LogP contribution is -2.15. The first-order valence-electron chi connectivity index (χ1n) is 5.62. The van der Waals surface area contributed by atoms with E-state index in [1.165, 1.54) is 0 Å². The minimum atomic E-state index is -0.968. The Morgan fingerprint density at radius 1 is 1.50 bits per heavy atom. The second-order valence-corrected chi connectivity index (χ2v) is 4.32. The third-order valence-corrected chi connectivity index (χ3v) is 3.17. The van der Waals surface area contributed by atoms with Crippen LogP contribution >= 0.6 is 0 Å². The lowest BCUT2D eigenvalue weighted by Gasteiger charge is -2.10. The Hall–Kier alpha value is -2.37. The molecule has 2 heterocycles. The van der Waals surface area contributed by atoms with Crippen molar-refractivity contribution in [3.05, 3.63) is 30.1 Å². The van der Waals surface area contributed by atoms with Gasteiger partial charge in [-0.3, -0.25) is 4.79 Å². The molecule has 0 bridgehead atoms. The summed E-state index contributed by atoms with van der Waals surface area (Å²) in [6.07, 6.45) is 2.09. The van der Waals surface area contributed by atoms with Gasteiger partial charge in [-0.15, -0.1) is 0 Å². The van der Waals surface area contributed by atoms with Crippen LogP contribution in [0.3, 0.4) is 0 Å². The Morgan fingerprint density at radius 3 is 3.00 bits per heavy atom. The third kappa shape index (κ3) is 1.62. The topological polar surface area (TPSA) is 84.2 Å². The summed E-state index contributed by atoms with van der Waals surface area (Å²) in [5.74, 6) is -0.937. The highest BCUT2D eigenvalue weighted by Gasteiger charge is 2.24. The van der Waals surface area contributed by atoms with Crippen LogP contribution in [0.25, 0.3) is 11.0 Å². The Morgan fingerprint density at radius 2 is 2.33 bits per heavy atom. The zero-order valence-corrected chi connectivity index (χ0v) is 9.46. The number of fused-ring (bicyclic) bond motifs is 1. The molecule has 0 saturated carbocycles. The number of hydrogen-bond acceptors (Lipinski definition) is 3. The van der Waals surface area contributed by atoms with Crippen molar-refractivity contribution in [2.24, 2.45) is 0 Å². The number of hydrogen-bond donors (Lipinski definition) is 2. The zero-order chi connectivity index (χ0) is 12.7. The summed E-state index contributed by atoms with van der Waals surface area (Å²) < 4.78 is 1.92. The molecule has 3 rings (SSSR count). The fourth-order valence-electron chi connectivity index (χ4n) is 2.24. The van der Waals surface area contributed by atoms with Gasteiger partial charge in [-0.2, -0.15) is 0 Å². The first-order valence-corrected chi connectivity index (χ1v) is 5.62. The second kappa shape index (κ2) is 3.83. The van der Waals surface area contributed by atoms with Crippen LogP contribution in [0.15, 0.2) is 24.5 Å². The molecule has 92 valence electrons. The standard InChI is InChI=1S/C12H11N3O3/c16-11-4-8(5-13-11)15-6-14-9-3-7(12(17)18)1-2-10(9)15/h1-3,6,8H,4-5H2,(H,13,16)(H,17,18). The summed E-state index contributed by atoms with van der Waals surface area (Å²) in [5.41, 5.74) is 1.70. The van der Waals surface area contributed by atoms with Gasteiger partial charge in [-0.1, -0.05) is 0 Å². The number of nitrogens with zero attached hydrogens (tertiary/aromatic N) is 2. The van der Waals surface area contributed by atoms with Gasteiger partial charge in [0.05, 0.1) is 29.0 Å². The minimum absolute atomic E-state index is 0.0315. The number of carbonyl (C=O) groups is 2. The molecule has 1 unspecified atom stereocenters. The van der Waals surface area contributed by atoms with Crippen molar-refractivity contribution in [1.82, 2.24) is 14.9 Å². The lowest BCUT2D eigenvalue weighted by molar-refractivity contribution is -0.119. The Labute approximate surface area is 102 Å². The SMILES string of the molecule is O=C1CC(n2cnc3cc(C(=O)O)ccc32)CN1. The van der Waals surface area contributed by atoms with Gasteiger partial charge in [0.1, 0.15) is 0 Å². The number of rotatable bonds is 2. The van der Waals surface area contributed by atoms with Crippen molar-refractivity contribution in [3.63, 3.8) is 0 Å². The molecule has 1 fully saturated rings. The molecule has 0 spiro atoms. The van der Waals surface area contributed by atoms with Crippen LogP contribution in [-0.2, 0) is 4.79 Å². The minimum Gasteiger partial charge on any atom is -0.478 e. The van der Waals surface area contributed by atoms with Crippen LogP contribution in [0, 0.1) is 0 Å². The van der Waals surface area contributed by atoms with E-state index in [0.29, 0.717) is 18.5 Å². The van der Waals surface area contributed by atoms with Gasteiger partial charge >= 0.3 is 5.97 Å². The molecule has 1 aromatic carbocycles. The molecule has 0 aliphatic carbocycles. The van der Waals surface area contributed by atoms with E-state index >= 15 is 0 Å². The van der Waals surface area contributed by atoms with Crippen LogP contribution in [-0.4, -0.2) is 33.1 Å². The number of benzene rings is 1. The molecule has 6 heteroatoms. The fourth-order valence-corrected chi connectivity index (χ4v) is 2.24. The van der Waals surface area contributed by atoms with Crippen molar-refractivity contribution in [3.8, 4) is 0 Å². The quantitative estimate of drug-likeness (QED) is 0.819. The number of nitrogens with one attached hydrogen (secondary N) is 1. The highest BCUT2D eigenvalue weighted by Crippen LogP contribution is 2.23. The molecular formula is C12H11N3O3. The largest absolute Gasteiger partial charge is 0.478 e. The Balaban J connectivity index is 2.04. The van der Waals surface area contributed by atoms with Crippen molar-refractivity contribution in [2.75, 3.05) is 6.54 Å². The van der Waals surface area contributed by atoms with Gasteiger partial charge in [0.15, 0.2) is 0 Å². The van der Waals surface area contributed by atoms with Crippen molar-refractivity contribution in [2.45, 2.75) is 12.5 Å². The van der Waals surface area contributed by atoms with Gasteiger partial charge in [0.25, 0.3) is 0 Å². The Kier molecular flexibility index (Phi) is 2.29. The van der Waals surface area contributed by atoms with Crippen LogP contribution in [0.1, 0.15) is 22.8 Å². The maximum Gasteiger partial charge on any atom is 0.335 e. The average Bonchev–Trinajstić information content (AvgIpc) is 2.93. The highest BCUT2D eigenvalue weighted by molar-refractivity contribution is 5.92. The summed E-state index contributed by atoms with van der Waals surface area (Å²) in [6, 6.07) is 4.87. The summed E-state index contributed by atoms with van der Waals surface area (Å²) in [5, 5.41) is 11.7. The summed E-state index contributed by atoms with van der Waals surface area (Å²) >= 11 is 0. The van der Waals surface area contributed by atoms with Crippen molar-refractivity contribution in [1.29, 1.82) is 0 Å². The summed E-state index contributed by atoms with van der Waals surface area (Å²) in [7, 11) is 0. The molecule has 0 radical (unpaired) electrons. The number of aromatic nitrogens is 2. The number of imidazole rings is 1. The molecule has 18 heavy (non-hydrogen) atoms. The van der Waals surface area contributed by atoms with Crippen LogP contribution in [0.5, 0.6) is 0 Å². The van der Waals surface area contributed by atoms with E-state index in [9.17, 15) is 9.59 Å². The van der Waals surface area contributed by atoms with Gasteiger partial charge in [-0.05, 0) is 18.2 Å². The fraction of sp³-hybridized carbons (Fsp3) is 0.250. The summed E-state index contributed by atoms with van der Waals surface area (Å²) in [6.45, 7) is 0.588. The Bertz CT molecular complexity index is 647. The van der Waals surface area contributed by atoms with E-state index in [1.54, 1.807) is 24.5 Å². The molecule has 6 nitrogen and oxygen atoms in total. The normalized spacial score (nSPS) is 19.1. The molecule has 1 saturated heterocycles. The summed E-state index contributed by atoms with van der Waals surface area (Å²) in [4.78, 5) is 26.3. The lowest BCUT2D eigenvalue weighted by atomic mass is 10.2. The maximum absolute atomic E-state index is 11.2. The number of amides is 1. The molecule has 1 aliphatic rings. The van der Waals surface area contributed by atoms with E-state index in [4.69, 9.17) is 5.11 Å². The third-order valence-electron chi connectivity index (χ3n) is 3.17. The van der Waals surface area contributed by atoms with E-state index in [0.717, 1.165) is 5.52 Å². The number of carbonyl (C=O) groups excluding carboxylic acids is 1.